The van der Waals surface area contributed by atoms with E-state index in [0.717, 1.165) is 17.3 Å². The highest BCUT2D eigenvalue weighted by atomic mass is 28.3. The Hall–Kier alpha value is -9.67. The molecule has 10 aromatic carbocycles. The van der Waals surface area contributed by atoms with Crippen LogP contribution in [0.15, 0.2) is 206 Å². The Morgan fingerprint density at radius 2 is 0.603 bits per heavy atom. The molecule has 1 aliphatic carbocycles. The SMILES string of the molecule is Cc1cc(C(C)(C)C)cc(-c2c3ccc([Si](C)(C)C)cc3cc(C)[n+]2C)c1C.Cc1ccc(C(C)(C)C)cc1-c1c2ccc([Si](C)(C)C)cc2cc(C)[n+]1C.Cc1ccc(C2CCCC2)cc1-c1c2ccc([Si](C)(C)C)cc2cc(C)[n+]1C.[2H]c1cc2cc([Si](C)(C)C)ccc2c(-c2cc(C(C)(C)C)cc(C(C)(C)C)c2C)[n+]1C.[2H]c1cc2cc([Si](C)(C)C)ccc2c(-c2cc(C(C)C)cc(C(C)C)c2C)[n+]1C. The molecule has 0 N–H and O–H groups in total. The lowest BCUT2D eigenvalue weighted by atomic mass is 9.76. The summed E-state index contributed by atoms with van der Waals surface area (Å²) >= 11 is 0. The third-order valence-corrected chi connectivity index (χ3v) is 41.1. The summed E-state index contributed by atoms with van der Waals surface area (Å²) in [7, 11) is 3.86. The molecule has 5 heterocycles. The van der Waals surface area contributed by atoms with Gasteiger partial charge in [0.25, 0.3) is 0 Å². The van der Waals surface area contributed by atoms with Gasteiger partial charge in [-0.05, 0) is 254 Å². The van der Waals surface area contributed by atoms with E-state index in [1.807, 2.05) is 30.8 Å². The first kappa shape index (κ1) is 107. The van der Waals surface area contributed by atoms with E-state index in [0.29, 0.717) is 24.2 Å². The van der Waals surface area contributed by atoms with Gasteiger partial charge in [0, 0.05) is 56.7 Å². The highest BCUT2D eigenvalue weighted by Crippen LogP contribution is 2.44. The van der Waals surface area contributed by atoms with Crippen molar-refractivity contribution in [3.8, 4) is 56.3 Å². The highest BCUT2D eigenvalue weighted by molar-refractivity contribution is 6.90. The van der Waals surface area contributed by atoms with E-state index < -0.39 is 40.4 Å². The summed E-state index contributed by atoms with van der Waals surface area (Å²) < 4.78 is 28.6. The second-order valence-electron chi connectivity index (χ2n) is 52.0. The smallest absolute Gasteiger partial charge is 0.200 e. The predicted molar refractivity (Wildman–Crippen MR) is 635 cm³/mol. The van der Waals surface area contributed by atoms with E-state index in [2.05, 4.69) is 493 Å². The number of aromatic nitrogens is 5. The Morgan fingerprint density at radius 3 is 0.950 bits per heavy atom. The summed E-state index contributed by atoms with van der Waals surface area (Å²) in [5.41, 5.74) is 35.2. The van der Waals surface area contributed by atoms with Crippen LogP contribution in [0.2, 0.25) is 98.2 Å². The average molecular weight is 1970 g/mol. The van der Waals surface area contributed by atoms with Crippen LogP contribution in [0, 0.1) is 62.3 Å². The van der Waals surface area contributed by atoms with Crippen LogP contribution in [0.5, 0.6) is 0 Å². The van der Waals surface area contributed by atoms with Crippen molar-refractivity contribution in [2.24, 2.45) is 35.2 Å². The monoisotopic (exact) mass is 1970 g/mol. The number of benzene rings is 10. The zero-order chi connectivity index (χ0) is 106. The van der Waals surface area contributed by atoms with Crippen LogP contribution in [-0.4, -0.2) is 40.4 Å². The quantitative estimate of drug-likeness (QED) is 0.0810. The Morgan fingerprint density at radius 1 is 0.284 bits per heavy atom. The van der Waals surface area contributed by atoms with Gasteiger partial charge in [-0.25, -0.2) is 9.13 Å². The summed E-state index contributed by atoms with van der Waals surface area (Å²) in [4.78, 5) is 0. The lowest BCUT2D eigenvalue weighted by Crippen LogP contribution is -2.38. The lowest BCUT2D eigenvalue weighted by molar-refractivity contribution is -0.665. The maximum atomic E-state index is 8.72. The molecular formula is C131H180N5Si5+5. The minimum Gasteiger partial charge on any atom is -0.200 e. The van der Waals surface area contributed by atoms with Gasteiger partial charge in [-0.3, -0.25) is 0 Å². The van der Waals surface area contributed by atoms with Crippen LogP contribution in [0.3, 0.4) is 0 Å². The molecule has 0 amide bonds. The summed E-state index contributed by atoms with van der Waals surface area (Å²) in [5.74, 6) is 1.70. The fourth-order valence-electron chi connectivity index (χ4n) is 20.7. The van der Waals surface area contributed by atoms with E-state index in [1.54, 1.807) is 0 Å². The number of aryl methyl sites for hydroxylation is 6. The average Bonchev–Trinajstić information content (AvgIpc) is 0.778. The van der Waals surface area contributed by atoms with Gasteiger partial charge in [0.05, 0.1) is 89.6 Å². The van der Waals surface area contributed by atoms with Crippen LogP contribution in [-0.2, 0) is 56.9 Å². The van der Waals surface area contributed by atoms with Crippen molar-refractivity contribution in [2.45, 2.75) is 336 Å². The van der Waals surface area contributed by atoms with E-state index >= 15 is 0 Å². The normalized spacial score (nSPS) is 13.5. The van der Waals surface area contributed by atoms with Gasteiger partial charge in [0.2, 0.25) is 28.5 Å². The van der Waals surface area contributed by atoms with Crippen molar-refractivity contribution in [3.63, 3.8) is 0 Å². The molecule has 141 heavy (non-hydrogen) atoms. The van der Waals surface area contributed by atoms with Gasteiger partial charge in [-0.2, -0.15) is 13.7 Å². The molecule has 0 spiro atoms. The molecule has 0 aliphatic heterocycles. The fraction of sp³-hybridized carbons (Fsp3) is 0.427. The van der Waals surface area contributed by atoms with Gasteiger partial charge in [0.15, 0.2) is 29.4 Å². The largest absolute Gasteiger partial charge is 0.220 e. The van der Waals surface area contributed by atoms with Crippen LogP contribution < -0.4 is 48.8 Å². The Labute approximate surface area is 863 Å². The lowest BCUT2D eigenvalue weighted by Gasteiger charge is -2.28. The predicted octanol–water partition coefficient (Wildman–Crippen LogP) is 31.3. The maximum Gasteiger partial charge on any atom is 0.220 e. The van der Waals surface area contributed by atoms with Crippen LogP contribution in [0.1, 0.15) is 246 Å². The van der Waals surface area contributed by atoms with Gasteiger partial charge in [-0.1, -0.05) is 351 Å². The standard InChI is InChI=1S/C28H40NSi.C26H34NSi.2C26H36NSi.C25H34NSi/c1-19-24(17-21(27(2,3)4)18-25(19)28(5,6)7)26-23-13-12-22(30(9,10)11)16-20(23)14-15-29(26)8;1-18-11-12-21(20-9-7-8-10-20)17-25(18)26-24-14-13-23(28(4,5)6)16-22(24)15-19(2)27(26)3;1-17-13-21(26(4,5)6)16-24(19(17)3)25-23-12-11-22(28(8,9)10)15-20(23)14-18(2)27(25)7;1-17(2)21-15-24(18(3)4)19(5)25(16-21)26-23-11-10-22(28(7,8)9)14-20(23)12-13-27(26)6;1-17-10-11-20(25(3,4)5)16-23(17)24-22-13-12-21(27(7,8)9)15-19(22)14-18(2)26(24)6/h12-18H,1-11H3;11-17,20H,7-10H2,1-6H3;11-16H,1-10H3;10-18H,1-9H3;10-16H,1-9H3/q5*+1/i15D;;;13D;. The Bertz CT molecular complexity index is 7380. The van der Waals surface area contributed by atoms with E-state index in [9.17, 15) is 0 Å². The zero-order valence-electron chi connectivity index (χ0n) is 98.3. The molecule has 15 aromatic rings. The van der Waals surface area contributed by atoms with E-state index in [4.69, 9.17) is 2.74 Å². The molecule has 5 nitrogen and oxygen atoms in total. The molecule has 1 saturated carbocycles. The van der Waals surface area contributed by atoms with Crippen molar-refractivity contribution < 1.29 is 25.6 Å². The Kier molecular flexibility index (Phi) is 31.5. The van der Waals surface area contributed by atoms with Crippen molar-refractivity contribution in [2.75, 3.05) is 0 Å². The molecule has 0 bridgehead atoms. The molecule has 0 saturated heterocycles. The molecule has 744 valence electrons. The summed E-state index contributed by atoms with van der Waals surface area (Å²) in [6, 6.07) is 74.9. The van der Waals surface area contributed by atoms with Gasteiger partial charge in [0.1, 0.15) is 38.0 Å². The minimum absolute atomic E-state index is 0.0536. The number of hydrogen-bond acceptors (Lipinski definition) is 0. The van der Waals surface area contributed by atoms with E-state index in [-0.39, 0.29) is 21.7 Å². The third kappa shape index (κ3) is 24.4. The molecule has 0 atom stereocenters. The topological polar surface area (TPSA) is 19.4 Å². The molecule has 16 rings (SSSR count). The minimum atomic E-state index is -1.42. The molecule has 1 fully saturated rings. The molecule has 5 aromatic heterocycles. The number of hydrogen-bond donors (Lipinski definition) is 0. The molecule has 10 heteroatoms. The van der Waals surface area contributed by atoms with Gasteiger partial charge in [-0.15, -0.1) is 0 Å². The molecule has 1 aliphatic rings. The first-order valence-corrected chi connectivity index (χ1v) is 70.2. The number of nitrogens with zero attached hydrogens (tertiary/aromatic N) is 5. The second-order valence-corrected chi connectivity index (χ2v) is 77.4. The fourth-order valence-corrected chi connectivity index (χ4v) is 26.6. The number of pyridine rings is 5. The second kappa shape index (κ2) is 41.5. The van der Waals surface area contributed by atoms with Crippen molar-refractivity contribution in [3.05, 3.63) is 296 Å². The van der Waals surface area contributed by atoms with Crippen molar-refractivity contribution >= 4 is 120 Å². The first-order chi connectivity index (χ1) is 65.9. The number of fused-ring (bicyclic) bond motifs is 5. The maximum absolute atomic E-state index is 8.72. The van der Waals surface area contributed by atoms with Crippen LogP contribution in [0.4, 0.5) is 0 Å². The molecule has 0 radical (unpaired) electrons. The van der Waals surface area contributed by atoms with Crippen LogP contribution in [0.25, 0.3) is 110 Å². The first-order valence-electron chi connectivity index (χ1n) is 53.7. The third-order valence-electron chi connectivity index (χ3n) is 30.9. The van der Waals surface area contributed by atoms with E-state index in [1.165, 1.54) is 240 Å². The van der Waals surface area contributed by atoms with Crippen LogP contribution >= 0.6 is 0 Å². The molecule has 0 unspecified atom stereocenters. The van der Waals surface area contributed by atoms with Gasteiger partial charge >= 0.3 is 0 Å². The summed E-state index contributed by atoms with van der Waals surface area (Å²) in [6.45, 7) is 92.8. The molecular weight excluding hydrogens is 1780 g/mol. The summed E-state index contributed by atoms with van der Waals surface area (Å²) in [6.07, 6.45) is 6.57. The van der Waals surface area contributed by atoms with Crippen molar-refractivity contribution in [1.82, 2.24) is 0 Å². The zero-order valence-corrected chi connectivity index (χ0v) is 101. The highest BCUT2D eigenvalue weighted by Gasteiger charge is 2.34. The number of rotatable bonds is 13. The van der Waals surface area contributed by atoms with Crippen molar-refractivity contribution in [1.29, 1.82) is 0 Å². The van der Waals surface area contributed by atoms with Gasteiger partial charge < -0.3 is 0 Å². The summed E-state index contributed by atoms with van der Waals surface area (Å²) in [5, 5.41) is 20.5. The Balaban J connectivity index is 0.000000160.